The van der Waals surface area contributed by atoms with E-state index >= 15 is 0 Å². The van der Waals surface area contributed by atoms with Crippen molar-refractivity contribution in [3.05, 3.63) is 17.0 Å². The van der Waals surface area contributed by atoms with Crippen LogP contribution >= 0.6 is 11.6 Å². The second kappa shape index (κ2) is 5.48. The van der Waals surface area contributed by atoms with Gasteiger partial charge in [0.25, 0.3) is 0 Å². The van der Waals surface area contributed by atoms with Gasteiger partial charge in [0, 0.05) is 24.3 Å². The van der Waals surface area contributed by atoms with Gasteiger partial charge in [0.15, 0.2) is 9.84 Å². The zero-order chi connectivity index (χ0) is 15.8. The van der Waals surface area contributed by atoms with E-state index in [1.165, 1.54) is 6.26 Å². The largest absolute Gasteiger partial charge is 0.368 e. The maximum Gasteiger partial charge on any atom is 0.154 e. The van der Waals surface area contributed by atoms with Crippen molar-refractivity contribution in [2.45, 2.75) is 44.8 Å². The Balaban J connectivity index is 2.98. The van der Waals surface area contributed by atoms with Gasteiger partial charge in [-0.25, -0.2) is 18.4 Å². The number of sulfone groups is 1. The van der Waals surface area contributed by atoms with Gasteiger partial charge in [0.1, 0.15) is 16.8 Å². The predicted octanol–water partition coefficient (Wildman–Crippen LogP) is 2.66. The maximum atomic E-state index is 11.7. The first kappa shape index (κ1) is 17.2. The van der Waals surface area contributed by atoms with E-state index in [-0.39, 0.29) is 12.0 Å². The van der Waals surface area contributed by atoms with E-state index in [0.29, 0.717) is 16.8 Å². The van der Waals surface area contributed by atoms with Crippen molar-refractivity contribution in [3.8, 4) is 0 Å². The Morgan fingerprint density at radius 1 is 1.20 bits per heavy atom. The Morgan fingerprint density at radius 2 is 1.75 bits per heavy atom. The van der Waals surface area contributed by atoms with Gasteiger partial charge in [-0.1, -0.05) is 32.4 Å². The third-order valence-corrected chi connectivity index (χ3v) is 5.41. The molecule has 0 aromatic carbocycles. The summed E-state index contributed by atoms with van der Waals surface area (Å²) in [5.41, 5.74) is -0.228. The molecule has 0 fully saturated rings. The molecular formula is C13H22ClN3O2S. The Hall–Kier alpha value is -0.880. The van der Waals surface area contributed by atoms with Crippen molar-refractivity contribution in [3.63, 3.8) is 0 Å². The standard InChI is InChI=1S/C13H22ClN3O2S/c1-12(2,3)11-16-9(14)7-10(17-11)15-8-13(4,5)20(6,18)19/h7H,8H2,1-6H3,(H,15,16,17). The van der Waals surface area contributed by atoms with Crippen LogP contribution < -0.4 is 5.32 Å². The Labute approximate surface area is 126 Å². The second-order valence-electron chi connectivity index (χ2n) is 6.53. The quantitative estimate of drug-likeness (QED) is 0.864. The Morgan fingerprint density at radius 3 is 2.20 bits per heavy atom. The van der Waals surface area contributed by atoms with Gasteiger partial charge in [0.05, 0.1) is 4.75 Å². The van der Waals surface area contributed by atoms with Crippen LogP contribution in [0.2, 0.25) is 5.15 Å². The average Bonchev–Trinajstić information content (AvgIpc) is 2.23. The van der Waals surface area contributed by atoms with E-state index < -0.39 is 14.6 Å². The summed E-state index contributed by atoms with van der Waals surface area (Å²) in [6.45, 7) is 9.56. The van der Waals surface area contributed by atoms with Crippen molar-refractivity contribution < 1.29 is 8.42 Å². The summed E-state index contributed by atoms with van der Waals surface area (Å²) < 4.78 is 22.5. The van der Waals surface area contributed by atoms with Gasteiger partial charge >= 0.3 is 0 Å². The highest BCUT2D eigenvalue weighted by Gasteiger charge is 2.30. The van der Waals surface area contributed by atoms with E-state index in [2.05, 4.69) is 15.3 Å². The SMILES string of the molecule is CC(C)(C)c1nc(Cl)cc(NCC(C)(C)S(C)(=O)=O)n1. The van der Waals surface area contributed by atoms with Crippen LogP contribution in [0.25, 0.3) is 0 Å². The minimum atomic E-state index is -3.16. The van der Waals surface area contributed by atoms with Crippen molar-refractivity contribution >= 4 is 27.3 Å². The van der Waals surface area contributed by atoms with E-state index in [1.807, 2.05) is 20.8 Å². The molecule has 0 saturated heterocycles. The van der Waals surface area contributed by atoms with Crippen LogP contribution in [0.3, 0.4) is 0 Å². The van der Waals surface area contributed by atoms with Crippen molar-refractivity contribution in [2.24, 2.45) is 0 Å². The van der Waals surface area contributed by atoms with Crippen molar-refractivity contribution in [1.29, 1.82) is 0 Å². The number of anilines is 1. The number of rotatable bonds is 4. The number of aromatic nitrogens is 2. The molecule has 1 aromatic rings. The summed E-state index contributed by atoms with van der Waals surface area (Å²) in [7, 11) is -3.16. The van der Waals surface area contributed by atoms with Gasteiger partial charge < -0.3 is 5.32 Å². The normalized spacial score (nSPS) is 13.3. The number of halogens is 1. The average molecular weight is 320 g/mol. The van der Waals surface area contributed by atoms with Gasteiger partial charge in [-0.05, 0) is 13.8 Å². The van der Waals surface area contributed by atoms with Crippen LogP contribution in [0.4, 0.5) is 5.82 Å². The molecule has 0 aliphatic carbocycles. The first-order chi connectivity index (χ1) is 8.83. The van der Waals surface area contributed by atoms with Crippen LogP contribution in [0.15, 0.2) is 6.07 Å². The van der Waals surface area contributed by atoms with Crippen LogP contribution in [-0.2, 0) is 15.3 Å². The zero-order valence-corrected chi connectivity index (χ0v) is 14.4. The maximum absolute atomic E-state index is 11.7. The molecular weight excluding hydrogens is 298 g/mol. The molecule has 1 aromatic heterocycles. The lowest BCUT2D eigenvalue weighted by atomic mass is 9.96. The molecule has 0 saturated carbocycles. The smallest absolute Gasteiger partial charge is 0.154 e. The summed E-state index contributed by atoms with van der Waals surface area (Å²) >= 11 is 5.99. The molecule has 0 unspecified atom stereocenters. The summed E-state index contributed by atoms with van der Waals surface area (Å²) in [5.74, 6) is 1.15. The highest BCUT2D eigenvalue weighted by molar-refractivity contribution is 7.92. The molecule has 0 aliphatic heterocycles. The van der Waals surface area contributed by atoms with Gasteiger partial charge in [-0.2, -0.15) is 0 Å². The minimum Gasteiger partial charge on any atom is -0.368 e. The summed E-state index contributed by atoms with van der Waals surface area (Å²) in [4.78, 5) is 8.58. The minimum absolute atomic E-state index is 0.228. The molecule has 7 heteroatoms. The number of hydrogen-bond donors (Lipinski definition) is 1. The monoisotopic (exact) mass is 319 g/mol. The van der Waals surface area contributed by atoms with Gasteiger partial charge in [-0.15, -0.1) is 0 Å². The third-order valence-electron chi connectivity index (χ3n) is 3.06. The van der Waals surface area contributed by atoms with Gasteiger partial charge in [0.2, 0.25) is 0 Å². The summed E-state index contributed by atoms with van der Waals surface area (Å²) in [6, 6.07) is 1.59. The number of nitrogens with zero attached hydrogens (tertiary/aromatic N) is 2. The third kappa shape index (κ3) is 4.31. The van der Waals surface area contributed by atoms with Crippen LogP contribution in [0, 0.1) is 0 Å². The fourth-order valence-electron chi connectivity index (χ4n) is 1.28. The molecule has 1 N–H and O–H groups in total. The molecule has 20 heavy (non-hydrogen) atoms. The van der Waals surface area contributed by atoms with Crippen LogP contribution in [0.1, 0.15) is 40.4 Å². The predicted molar refractivity (Wildman–Crippen MR) is 83.2 cm³/mol. The van der Waals surface area contributed by atoms with Crippen LogP contribution in [-0.4, -0.2) is 35.9 Å². The number of hydrogen-bond acceptors (Lipinski definition) is 5. The van der Waals surface area contributed by atoms with E-state index in [9.17, 15) is 8.42 Å². The fraction of sp³-hybridized carbons (Fsp3) is 0.692. The molecule has 114 valence electrons. The van der Waals surface area contributed by atoms with E-state index in [1.54, 1.807) is 19.9 Å². The summed E-state index contributed by atoms with van der Waals surface area (Å²) in [5, 5.41) is 3.37. The highest BCUT2D eigenvalue weighted by Crippen LogP contribution is 2.23. The molecule has 1 rings (SSSR count). The number of nitrogens with one attached hydrogen (secondary N) is 1. The molecule has 0 radical (unpaired) electrons. The lowest BCUT2D eigenvalue weighted by molar-refractivity contribution is 0.544. The van der Waals surface area contributed by atoms with Gasteiger partial charge in [-0.3, -0.25) is 0 Å². The molecule has 0 amide bonds. The lowest BCUT2D eigenvalue weighted by Gasteiger charge is -2.24. The second-order valence-corrected chi connectivity index (χ2v) is 9.57. The van der Waals surface area contributed by atoms with Crippen molar-refractivity contribution in [2.75, 3.05) is 18.1 Å². The zero-order valence-electron chi connectivity index (χ0n) is 12.8. The molecule has 0 aliphatic rings. The van der Waals surface area contributed by atoms with Crippen LogP contribution in [0.5, 0.6) is 0 Å². The van der Waals surface area contributed by atoms with E-state index in [4.69, 9.17) is 11.6 Å². The molecule has 0 atom stereocenters. The Kier molecular flexibility index (Phi) is 4.71. The Bertz CT molecular complexity index is 592. The molecule has 0 spiro atoms. The van der Waals surface area contributed by atoms with Crippen molar-refractivity contribution in [1.82, 2.24) is 9.97 Å². The molecule has 5 nitrogen and oxygen atoms in total. The fourth-order valence-corrected chi connectivity index (χ4v) is 1.80. The van der Waals surface area contributed by atoms with E-state index in [0.717, 1.165) is 0 Å². The molecule has 0 bridgehead atoms. The highest BCUT2D eigenvalue weighted by atomic mass is 35.5. The lowest BCUT2D eigenvalue weighted by Crippen LogP contribution is -2.38. The summed E-state index contributed by atoms with van der Waals surface area (Å²) in [6.07, 6.45) is 1.22. The first-order valence-electron chi connectivity index (χ1n) is 6.31. The first-order valence-corrected chi connectivity index (χ1v) is 8.58. The topological polar surface area (TPSA) is 72.0 Å². The molecule has 1 heterocycles.